The van der Waals surface area contributed by atoms with Crippen molar-refractivity contribution < 1.29 is 23.2 Å². The maximum absolute atomic E-state index is 12.9. The molecule has 0 heterocycles. The number of anilines is 1. The van der Waals surface area contributed by atoms with Crippen molar-refractivity contribution in [3.8, 4) is 0 Å². The zero-order chi connectivity index (χ0) is 18.6. The number of rotatable bonds is 7. The Morgan fingerprint density at radius 1 is 1.20 bits per heavy atom. The number of non-ortho nitro benzene ring substituents is 1. The van der Waals surface area contributed by atoms with Crippen molar-refractivity contribution in [2.45, 2.75) is 18.2 Å². The fourth-order valence-corrected chi connectivity index (χ4v) is 3.75. The second-order valence-electron chi connectivity index (χ2n) is 5.31. The number of nitro groups is 1. The summed E-state index contributed by atoms with van der Waals surface area (Å²) in [4.78, 5) is 20.8. The van der Waals surface area contributed by atoms with Crippen LogP contribution < -0.4 is 4.31 Å². The molecule has 0 aliphatic carbocycles. The Labute approximate surface area is 144 Å². The molecule has 0 spiro atoms. The number of aliphatic carboxylic acids is 1. The summed E-state index contributed by atoms with van der Waals surface area (Å²) in [6, 6.07) is 11.2. The van der Waals surface area contributed by atoms with Crippen molar-refractivity contribution in [1.82, 2.24) is 0 Å². The average molecular weight is 364 g/mol. The minimum atomic E-state index is -4.16. The van der Waals surface area contributed by atoms with Gasteiger partial charge in [-0.2, -0.15) is 0 Å². The molecule has 0 saturated heterocycles. The monoisotopic (exact) mass is 364 g/mol. The van der Waals surface area contributed by atoms with Crippen LogP contribution in [0.15, 0.2) is 53.4 Å². The lowest BCUT2D eigenvalue weighted by atomic mass is 10.2. The molecule has 9 heteroatoms. The van der Waals surface area contributed by atoms with Crippen LogP contribution in [-0.4, -0.2) is 31.0 Å². The van der Waals surface area contributed by atoms with E-state index in [0.29, 0.717) is 5.69 Å². The Balaban J connectivity index is 2.53. The molecule has 0 bridgehead atoms. The molecule has 25 heavy (non-hydrogen) atoms. The molecule has 0 aliphatic rings. The van der Waals surface area contributed by atoms with Crippen LogP contribution in [-0.2, 0) is 14.8 Å². The zero-order valence-corrected chi connectivity index (χ0v) is 14.1. The van der Waals surface area contributed by atoms with E-state index in [0.717, 1.165) is 15.9 Å². The van der Waals surface area contributed by atoms with Gasteiger partial charge in [-0.25, -0.2) is 8.42 Å². The number of carboxylic acids is 1. The smallest absolute Gasteiger partial charge is 0.305 e. The lowest BCUT2D eigenvalue weighted by Gasteiger charge is -2.24. The van der Waals surface area contributed by atoms with E-state index < -0.39 is 27.3 Å². The number of hydrogen-bond acceptors (Lipinski definition) is 5. The first-order chi connectivity index (χ1) is 11.7. The van der Waals surface area contributed by atoms with Gasteiger partial charge in [0.2, 0.25) is 0 Å². The number of aryl methyl sites for hydroxylation is 1. The van der Waals surface area contributed by atoms with Crippen LogP contribution in [0.2, 0.25) is 0 Å². The summed E-state index contributed by atoms with van der Waals surface area (Å²) in [5.74, 6) is -1.15. The molecular formula is C16H16N2O6S. The van der Waals surface area contributed by atoms with E-state index in [4.69, 9.17) is 5.11 Å². The molecule has 0 atom stereocenters. The number of nitro benzene ring substituents is 1. The summed E-state index contributed by atoms with van der Waals surface area (Å²) in [7, 11) is -4.16. The van der Waals surface area contributed by atoms with Crippen LogP contribution >= 0.6 is 0 Å². The lowest BCUT2D eigenvalue weighted by molar-refractivity contribution is -0.385. The quantitative estimate of drug-likeness (QED) is 0.596. The highest BCUT2D eigenvalue weighted by Gasteiger charge is 2.27. The summed E-state index contributed by atoms with van der Waals surface area (Å²) in [6.07, 6.45) is -0.401. The molecule has 0 aliphatic heterocycles. The van der Waals surface area contributed by atoms with E-state index >= 15 is 0 Å². The van der Waals surface area contributed by atoms with Gasteiger partial charge >= 0.3 is 5.97 Å². The van der Waals surface area contributed by atoms with Crippen LogP contribution in [0.5, 0.6) is 0 Å². The Bertz CT molecular complexity index is 910. The Hall–Kier alpha value is -2.94. The topological polar surface area (TPSA) is 118 Å². The molecule has 0 fully saturated rings. The molecule has 2 aromatic carbocycles. The molecule has 0 aromatic heterocycles. The van der Waals surface area contributed by atoms with Crippen molar-refractivity contribution in [2.24, 2.45) is 0 Å². The summed E-state index contributed by atoms with van der Waals surface area (Å²) < 4.78 is 26.8. The van der Waals surface area contributed by atoms with Gasteiger partial charge in [0.1, 0.15) is 0 Å². The number of benzene rings is 2. The number of carboxylic acid groups (broad SMARTS) is 1. The molecular weight excluding hydrogens is 348 g/mol. The van der Waals surface area contributed by atoms with Gasteiger partial charge in [-0.1, -0.05) is 18.2 Å². The largest absolute Gasteiger partial charge is 0.481 e. The van der Waals surface area contributed by atoms with Crippen molar-refractivity contribution in [3.63, 3.8) is 0 Å². The van der Waals surface area contributed by atoms with E-state index in [2.05, 4.69) is 0 Å². The van der Waals surface area contributed by atoms with Crippen LogP contribution in [0.25, 0.3) is 0 Å². The summed E-state index contributed by atoms with van der Waals surface area (Å²) in [5.41, 5.74) is 0.739. The minimum absolute atomic E-state index is 0.270. The van der Waals surface area contributed by atoms with Gasteiger partial charge in [-0.15, -0.1) is 0 Å². The molecule has 132 valence electrons. The molecule has 0 radical (unpaired) electrons. The predicted octanol–water partition coefficient (Wildman–Crippen LogP) is 2.57. The van der Waals surface area contributed by atoms with Crippen LogP contribution in [0.3, 0.4) is 0 Å². The normalized spacial score (nSPS) is 11.1. The Morgan fingerprint density at radius 2 is 1.88 bits per heavy atom. The van der Waals surface area contributed by atoms with Crippen molar-refractivity contribution in [1.29, 1.82) is 0 Å². The Kier molecular flexibility index (Phi) is 5.38. The van der Waals surface area contributed by atoms with Gasteiger partial charge in [-0.3, -0.25) is 19.2 Å². The van der Waals surface area contributed by atoms with Gasteiger partial charge in [0.15, 0.2) is 0 Å². The SMILES string of the molecule is Cc1cccc(N(CCC(=O)O)S(=O)(=O)c2cccc([N+](=O)[O-])c2)c1. The second-order valence-corrected chi connectivity index (χ2v) is 7.18. The molecule has 0 unspecified atom stereocenters. The summed E-state index contributed by atoms with van der Waals surface area (Å²) in [6.45, 7) is 1.49. The molecule has 8 nitrogen and oxygen atoms in total. The highest BCUT2D eigenvalue weighted by molar-refractivity contribution is 7.92. The number of hydrogen-bond donors (Lipinski definition) is 1. The maximum atomic E-state index is 12.9. The van der Waals surface area contributed by atoms with Gasteiger partial charge in [0, 0.05) is 18.7 Å². The van der Waals surface area contributed by atoms with Gasteiger partial charge in [0.25, 0.3) is 15.7 Å². The first-order valence-electron chi connectivity index (χ1n) is 7.27. The third kappa shape index (κ3) is 4.32. The van der Waals surface area contributed by atoms with Crippen LogP contribution in [0.4, 0.5) is 11.4 Å². The Morgan fingerprint density at radius 3 is 2.48 bits per heavy atom. The number of sulfonamides is 1. The highest BCUT2D eigenvalue weighted by Crippen LogP contribution is 2.26. The third-order valence-corrected chi connectivity index (χ3v) is 5.26. The van der Waals surface area contributed by atoms with Crippen LogP contribution in [0, 0.1) is 17.0 Å². The third-order valence-electron chi connectivity index (χ3n) is 3.43. The van der Waals surface area contributed by atoms with Crippen molar-refractivity contribution in [2.75, 3.05) is 10.8 Å². The summed E-state index contributed by atoms with van der Waals surface area (Å²) in [5, 5.41) is 19.8. The van der Waals surface area contributed by atoms with Gasteiger partial charge in [-0.05, 0) is 30.7 Å². The highest BCUT2D eigenvalue weighted by atomic mass is 32.2. The first-order valence-corrected chi connectivity index (χ1v) is 8.71. The molecule has 2 rings (SSSR count). The fourth-order valence-electron chi connectivity index (χ4n) is 2.25. The van der Waals surface area contributed by atoms with E-state index in [-0.39, 0.29) is 17.1 Å². The molecule has 1 N–H and O–H groups in total. The summed E-state index contributed by atoms with van der Waals surface area (Å²) >= 11 is 0. The number of nitrogens with zero attached hydrogens (tertiary/aromatic N) is 2. The lowest BCUT2D eigenvalue weighted by Crippen LogP contribution is -2.33. The van der Waals surface area contributed by atoms with E-state index in [1.807, 2.05) is 0 Å². The predicted molar refractivity (Wildman–Crippen MR) is 91.1 cm³/mol. The molecule has 0 saturated carbocycles. The average Bonchev–Trinajstić information content (AvgIpc) is 2.54. The zero-order valence-electron chi connectivity index (χ0n) is 13.3. The first kappa shape index (κ1) is 18.4. The van der Waals surface area contributed by atoms with Crippen LogP contribution in [0.1, 0.15) is 12.0 Å². The molecule has 0 amide bonds. The van der Waals surface area contributed by atoms with E-state index in [9.17, 15) is 23.3 Å². The van der Waals surface area contributed by atoms with Crippen molar-refractivity contribution in [3.05, 3.63) is 64.2 Å². The van der Waals surface area contributed by atoms with Gasteiger partial charge < -0.3 is 5.11 Å². The van der Waals surface area contributed by atoms with E-state index in [1.54, 1.807) is 31.2 Å². The number of carbonyl (C=O) groups is 1. The fraction of sp³-hybridized carbons (Fsp3) is 0.188. The molecule has 2 aromatic rings. The standard InChI is InChI=1S/C16H16N2O6S/c1-12-4-2-5-13(10-12)17(9-8-16(19)20)25(23,24)15-7-3-6-14(11-15)18(21)22/h2-7,10-11H,8-9H2,1H3,(H,19,20). The maximum Gasteiger partial charge on any atom is 0.305 e. The van der Waals surface area contributed by atoms with E-state index in [1.165, 1.54) is 18.2 Å². The van der Waals surface area contributed by atoms with Crippen molar-refractivity contribution >= 4 is 27.4 Å². The minimum Gasteiger partial charge on any atom is -0.481 e. The van der Waals surface area contributed by atoms with Gasteiger partial charge in [0.05, 0.1) is 21.9 Å². The second kappa shape index (κ2) is 7.31.